The molecule has 20 heavy (non-hydrogen) atoms. The molecule has 0 bridgehead atoms. The average molecular weight is 282 g/mol. The van der Waals surface area contributed by atoms with Crippen molar-refractivity contribution in [3.8, 4) is 0 Å². The minimum absolute atomic E-state index is 0.135. The van der Waals surface area contributed by atoms with Gasteiger partial charge in [-0.1, -0.05) is 12.8 Å². The molecule has 4 heteroatoms. The fourth-order valence-corrected chi connectivity index (χ4v) is 3.48. The van der Waals surface area contributed by atoms with Crippen LogP contribution < -0.4 is 0 Å². The van der Waals surface area contributed by atoms with Crippen molar-refractivity contribution in [1.29, 1.82) is 0 Å². The standard InChI is InChI=1S/C16H30N2O2/c1-17(13-14-7-3-4-8-15(14)19)12-9-16(20)18-10-5-2-6-11-18/h14-15,19H,2-13H2,1H3. The van der Waals surface area contributed by atoms with Crippen molar-refractivity contribution in [3.63, 3.8) is 0 Å². The molecule has 0 spiro atoms. The Morgan fingerprint density at radius 3 is 2.55 bits per heavy atom. The molecular weight excluding hydrogens is 252 g/mol. The molecule has 2 aliphatic rings. The molecule has 1 aliphatic heterocycles. The summed E-state index contributed by atoms with van der Waals surface area (Å²) < 4.78 is 0. The summed E-state index contributed by atoms with van der Waals surface area (Å²) in [5, 5.41) is 10.00. The van der Waals surface area contributed by atoms with Gasteiger partial charge in [-0.05, 0) is 45.1 Å². The minimum Gasteiger partial charge on any atom is -0.393 e. The number of likely N-dealkylation sites (tertiary alicyclic amines) is 1. The Bertz CT molecular complexity index is 303. The molecule has 1 saturated heterocycles. The lowest BCUT2D eigenvalue weighted by atomic mass is 9.86. The van der Waals surface area contributed by atoms with Crippen LogP contribution in [0.25, 0.3) is 0 Å². The molecule has 1 aliphatic carbocycles. The number of aliphatic hydroxyl groups excluding tert-OH is 1. The number of carbonyl (C=O) groups is 1. The fraction of sp³-hybridized carbons (Fsp3) is 0.938. The molecule has 2 unspecified atom stereocenters. The topological polar surface area (TPSA) is 43.8 Å². The Hall–Kier alpha value is -0.610. The van der Waals surface area contributed by atoms with Gasteiger partial charge in [-0.2, -0.15) is 0 Å². The summed E-state index contributed by atoms with van der Waals surface area (Å²) in [6.07, 6.45) is 8.56. The van der Waals surface area contributed by atoms with Crippen molar-refractivity contribution in [2.24, 2.45) is 5.92 Å². The first kappa shape index (κ1) is 15.8. The Labute approximate surface area is 123 Å². The predicted octanol–water partition coefficient (Wildman–Crippen LogP) is 1.87. The van der Waals surface area contributed by atoms with Gasteiger partial charge < -0.3 is 14.9 Å². The van der Waals surface area contributed by atoms with E-state index in [1.54, 1.807) is 0 Å². The zero-order valence-corrected chi connectivity index (χ0v) is 12.9. The van der Waals surface area contributed by atoms with Gasteiger partial charge in [0.15, 0.2) is 0 Å². The molecule has 2 fully saturated rings. The SMILES string of the molecule is CN(CCC(=O)N1CCCCC1)CC1CCCCC1O. The van der Waals surface area contributed by atoms with Crippen LogP contribution in [0.4, 0.5) is 0 Å². The third-order valence-corrected chi connectivity index (χ3v) is 4.83. The molecule has 0 radical (unpaired) electrons. The van der Waals surface area contributed by atoms with Crippen molar-refractivity contribution in [1.82, 2.24) is 9.80 Å². The van der Waals surface area contributed by atoms with Crippen molar-refractivity contribution >= 4 is 5.91 Å². The van der Waals surface area contributed by atoms with Gasteiger partial charge in [-0.3, -0.25) is 4.79 Å². The number of piperidine rings is 1. The van der Waals surface area contributed by atoms with Gasteiger partial charge in [0.05, 0.1) is 6.10 Å². The van der Waals surface area contributed by atoms with Gasteiger partial charge in [-0.15, -0.1) is 0 Å². The lowest BCUT2D eigenvalue weighted by molar-refractivity contribution is -0.132. The van der Waals surface area contributed by atoms with Crippen LogP contribution in [0.5, 0.6) is 0 Å². The number of aliphatic hydroxyl groups is 1. The monoisotopic (exact) mass is 282 g/mol. The van der Waals surface area contributed by atoms with Crippen LogP contribution in [0.15, 0.2) is 0 Å². The Morgan fingerprint density at radius 2 is 1.85 bits per heavy atom. The number of hydrogen-bond donors (Lipinski definition) is 1. The van der Waals surface area contributed by atoms with E-state index < -0.39 is 0 Å². The highest BCUT2D eigenvalue weighted by atomic mass is 16.3. The van der Waals surface area contributed by atoms with Crippen LogP contribution in [-0.2, 0) is 4.79 Å². The van der Waals surface area contributed by atoms with E-state index in [-0.39, 0.29) is 6.10 Å². The van der Waals surface area contributed by atoms with Gasteiger partial charge >= 0.3 is 0 Å². The second kappa shape index (κ2) is 7.99. The van der Waals surface area contributed by atoms with E-state index in [1.165, 1.54) is 12.8 Å². The van der Waals surface area contributed by atoms with Crippen LogP contribution in [0.3, 0.4) is 0 Å². The highest BCUT2D eigenvalue weighted by molar-refractivity contribution is 5.76. The summed E-state index contributed by atoms with van der Waals surface area (Å²) in [4.78, 5) is 16.4. The van der Waals surface area contributed by atoms with Crippen LogP contribution in [-0.4, -0.2) is 60.1 Å². The van der Waals surface area contributed by atoms with E-state index in [9.17, 15) is 9.90 Å². The first-order valence-electron chi connectivity index (χ1n) is 8.31. The fourth-order valence-electron chi connectivity index (χ4n) is 3.48. The van der Waals surface area contributed by atoms with Crippen LogP contribution in [0, 0.1) is 5.92 Å². The van der Waals surface area contributed by atoms with Gasteiger partial charge in [0.1, 0.15) is 0 Å². The summed E-state index contributed by atoms with van der Waals surface area (Å²) >= 11 is 0. The van der Waals surface area contributed by atoms with Crippen molar-refractivity contribution in [2.75, 3.05) is 33.2 Å². The maximum atomic E-state index is 12.1. The number of rotatable bonds is 5. The molecule has 2 rings (SSSR count). The third kappa shape index (κ3) is 4.74. The maximum absolute atomic E-state index is 12.1. The molecule has 116 valence electrons. The van der Waals surface area contributed by atoms with Crippen LogP contribution in [0.2, 0.25) is 0 Å². The first-order chi connectivity index (χ1) is 9.66. The third-order valence-electron chi connectivity index (χ3n) is 4.83. The molecule has 0 aromatic heterocycles. The maximum Gasteiger partial charge on any atom is 0.223 e. The molecule has 0 aromatic rings. The highest BCUT2D eigenvalue weighted by Crippen LogP contribution is 2.24. The predicted molar refractivity (Wildman–Crippen MR) is 80.5 cm³/mol. The molecule has 1 saturated carbocycles. The van der Waals surface area contributed by atoms with Crippen LogP contribution in [0.1, 0.15) is 51.4 Å². The summed E-state index contributed by atoms with van der Waals surface area (Å²) in [6.45, 7) is 3.64. The minimum atomic E-state index is -0.135. The summed E-state index contributed by atoms with van der Waals surface area (Å²) in [7, 11) is 2.07. The van der Waals surface area contributed by atoms with Crippen molar-refractivity contribution in [2.45, 2.75) is 57.5 Å². The zero-order valence-electron chi connectivity index (χ0n) is 12.9. The number of carbonyl (C=O) groups excluding carboxylic acids is 1. The molecule has 1 heterocycles. The van der Waals surface area contributed by atoms with Crippen LogP contribution >= 0.6 is 0 Å². The number of hydrogen-bond acceptors (Lipinski definition) is 3. The molecule has 2 atom stereocenters. The Balaban J connectivity index is 1.66. The molecule has 0 aromatic carbocycles. The van der Waals surface area contributed by atoms with E-state index in [0.29, 0.717) is 18.2 Å². The normalized spacial score (nSPS) is 27.9. The Kier molecular flexibility index (Phi) is 6.30. The molecule has 4 nitrogen and oxygen atoms in total. The first-order valence-corrected chi connectivity index (χ1v) is 8.31. The van der Waals surface area contributed by atoms with E-state index in [4.69, 9.17) is 0 Å². The lowest BCUT2D eigenvalue weighted by Crippen LogP contribution is -2.39. The van der Waals surface area contributed by atoms with Gasteiger partial charge in [0, 0.05) is 32.6 Å². The average Bonchev–Trinajstić information content (AvgIpc) is 2.48. The molecule has 1 amide bonds. The van der Waals surface area contributed by atoms with E-state index >= 15 is 0 Å². The molecule has 1 N–H and O–H groups in total. The second-order valence-electron chi connectivity index (χ2n) is 6.57. The zero-order chi connectivity index (χ0) is 14.4. The summed E-state index contributed by atoms with van der Waals surface area (Å²) in [6, 6.07) is 0. The van der Waals surface area contributed by atoms with Gasteiger partial charge in [-0.25, -0.2) is 0 Å². The lowest BCUT2D eigenvalue weighted by Gasteiger charge is -2.32. The summed E-state index contributed by atoms with van der Waals surface area (Å²) in [5.74, 6) is 0.708. The largest absolute Gasteiger partial charge is 0.393 e. The number of nitrogens with zero attached hydrogens (tertiary/aromatic N) is 2. The summed E-state index contributed by atoms with van der Waals surface area (Å²) in [5.41, 5.74) is 0. The van der Waals surface area contributed by atoms with E-state index in [1.807, 2.05) is 4.90 Å². The smallest absolute Gasteiger partial charge is 0.223 e. The van der Waals surface area contributed by atoms with E-state index in [0.717, 1.165) is 58.3 Å². The van der Waals surface area contributed by atoms with E-state index in [2.05, 4.69) is 11.9 Å². The quantitative estimate of drug-likeness (QED) is 0.837. The van der Waals surface area contributed by atoms with Crippen molar-refractivity contribution in [3.05, 3.63) is 0 Å². The van der Waals surface area contributed by atoms with Gasteiger partial charge in [0.2, 0.25) is 5.91 Å². The number of amides is 1. The Morgan fingerprint density at radius 1 is 1.15 bits per heavy atom. The second-order valence-corrected chi connectivity index (χ2v) is 6.57. The van der Waals surface area contributed by atoms with Crippen molar-refractivity contribution < 1.29 is 9.90 Å². The molecular formula is C16H30N2O2. The highest BCUT2D eigenvalue weighted by Gasteiger charge is 2.24. The van der Waals surface area contributed by atoms with Gasteiger partial charge in [0.25, 0.3) is 0 Å².